The molecule has 2 N–H and O–H groups in total. The highest BCUT2D eigenvalue weighted by atomic mass is 32.1. The van der Waals surface area contributed by atoms with E-state index < -0.39 is 0 Å². The van der Waals surface area contributed by atoms with Gasteiger partial charge < -0.3 is 15.1 Å². The second kappa shape index (κ2) is 8.77. The van der Waals surface area contributed by atoms with E-state index in [9.17, 15) is 15.0 Å². The lowest BCUT2D eigenvalue weighted by atomic mass is 9.96. The van der Waals surface area contributed by atoms with Crippen LogP contribution in [0.4, 0.5) is 0 Å². The maximum Gasteiger partial charge on any atom is 0.195 e. The molecule has 1 fully saturated rings. The fraction of sp³-hybridized carbons (Fsp3) is 0.222. The lowest BCUT2D eigenvalue weighted by molar-refractivity contribution is 0.104. The van der Waals surface area contributed by atoms with E-state index in [1.165, 1.54) is 42.8 Å². The first-order valence-corrected chi connectivity index (χ1v) is 11.8. The summed E-state index contributed by atoms with van der Waals surface area (Å²) in [6, 6.07) is 20.0. The van der Waals surface area contributed by atoms with E-state index in [-0.39, 0.29) is 17.3 Å². The highest BCUT2D eigenvalue weighted by molar-refractivity contribution is 7.22. The van der Waals surface area contributed by atoms with E-state index >= 15 is 0 Å². The van der Waals surface area contributed by atoms with Gasteiger partial charge in [-0.25, -0.2) is 0 Å². The zero-order valence-corrected chi connectivity index (χ0v) is 18.6. The Balaban J connectivity index is 1.48. The van der Waals surface area contributed by atoms with Gasteiger partial charge in [0, 0.05) is 32.6 Å². The summed E-state index contributed by atoms with van der Waals surface area (Å²) in [5, 5.41) is 20.4. The number of phenols is 2. The van der Waals surface area contributed by atoms with E-state index in [1.54, 1.807) is 24.3 Å². The Kier molecular flexibility index (Phi) is 5.68. The van der Waals surface area contributed by atoms with Crippen molar-refractivity contribution in [2.45, 2.75) is 19.3 Å². The van der Waals surface area contributed by atoms with Gasteiger partial charge in [-0.3, -0.25) is 4.79 Å². The molecule has 0 amide bonds. The molecule has 4 aromatic rings. The molecule has 0 atom stereocenters. The number of phenolic OH excluding ortho intramolecular Hbond substituents is 2. The molecule has 0 aliphatic carbocycles. The van der Waals surface area contributed by atoms with Crippen LogP contribution in [0.5, 0.6) is 11.5 Å². The highest BCUT2D eigenvalue weighted by Gasteiger charge is 2.22. The standard InChI is InChI=1S/C27H25NO3S/c29-21-9-7-20(8-10-21)27-25(23-12-11-22(30)17-24(23)32-27)26(31)19-5-3-18(4-6-19)13-16-28-14-1-2-15-28/h3-12,17,29-30H,1-2,13-16H2. The number of aromatic hydroxyl groups is 2. The van der Waals surface area contributed by atoms with E-state index in [4.69, 9.17) is 0 Å². The van der Waals surface area contributed by atoms with E-state index in [2.05, 4.69) is 17.0 Å². The first-order chi connectivity index (χ1) is 15.6. The molecule has 1 saturated heterocycles. The van der Waals surface area contributed by atoms with Crippen molar-refractivity contribution in [2.24, 2.45) is 0 Å². The van der Waals surface area contributed by atoms with Gasteiger partial charge in [-0.1, -0.05) is 24.3 Å². The fourth-order valence-electron chi connectivity index (χ4n) is 4.39. The Labute approximate surface area is 191 Å². The molecule has 0 unspecified atom stereocenters. The molecule has 5 rings (SSSR count). The van der Waals surface area contributed by atoms with Crippen LogP contribution in [0.1, 0.15) is 34.3 Å². The second-order valence-corrected chi connectivity index (χ2v) is 9.41. The summed E-state index contributed by atoms with van der Waals surface area (Å²) >= 11 is 1.48. The molecular formula is C27H25NO3S. The predicted molar refractivity (Wildman–Crippen MR) is 130 cm³/mol. The fourth-order valence-corrected chi connectivity index (χ4v) is 5.63. The minimum absolute atomic E-state index is 0.0314. The molecule has 1 aliphatic heterocycles. The minimum atomic E-state index is -0.0314. The molecule has 3 aromatic carbocycles. The molecule has 0 radical (unpaired) electrons. The number of likely N-dealkylation sites (tertiary alicyclic amines) is 1. The van der Waals surface area contributed by atoms with Gasteiger partial charge in [0.2, 0.25) is 0 Å². The van der Waals surface area contributed by atoms with Crippen molar-refractivity contribution < 1.29 is 15.0 Å². The van der Waals surface area contributed by atoms with Crippen LogP contribution in [-0.4, -0.2) is 40.5 Å². The third kappa shape index (κ3) is 4.14. The lowest BCUT2D eigenvalue weighted by Gasteiger charge is -2.14. The highest BCUT2D eigenvalue weighted by Crippen LogP contribution is 2.41. The van der Waals surface area contributed by atoms with E-state index in [0.29, 0.717) is 11.1 Å². The Morgan fingerprint density at radius 1 is 0.875 bits per heavy atom. The van der Waals surface area contributed by atoms with Crippen LogP contribution in [0.3, 0.4) is 0 Å². The van der Waals surface area contributed by atoms with Gasteiger partial charge in [-0.05, 0) is 85.9 Å². The van der Waals surface area contributed by atoms with Crippen molar-refractivity contribution in [1.82, 2.24) is 4.90 Å². The van der Waals surface area contributed by atoms with Gasteiger partial charge in [0.05, 0.1) is 0 Å². The molecular weight excluding hydrogens is 418 g/mol. The van der Waals surface area contributed by atoms with Gasteiger partial charge in [0.25, 0.3) is 0 Å². The van der Waals surface area contributed by atoms with Crippen molar-refractivity contribution in [3.05, 3.63) is 83.4 Å². The summed E-state index contributed by atoms with van der Waals surface area (Å²) in [6.07, 6.45) is 3.58. The summed E-state index contributed by atoms with van der Waals surface area (Å²) in [5.41, 5.74) is 3.41. The van der Waals surface area contributed by atoms with Crippen LogP contribution in [0.2, 0.25) is 0 Å². The summed E-state index contributed by atoms with van der Waals surface area (Å²) in [7, 11) is 0. The van der Waals surface area contributed by atoms with Crippen LogP contribution in [-0.2, 0) is 6.42 Å². The zero-order valence-electron chi connectivity index (χ0n) is 17.8. The third-order valence-corrected chi connectivity index (χ3v) is 7.36. The van der Waals surface area contributed by atoms with Crippen molar-refractivity contribution in [2.75, 3.05) is 19.6 Å². The molecule has 4 nitrogen and oxygen atoms in total. The Bertz CT molecular complexity index is 1250. The van der Waals surface area contributed by atoms with Gasteiger partial charge in [-0.2, -0.15) is 0 Å². The van der Waals surface area contributed by atoms with Gasteiger partial charge >= 0.3 is 0 Å². The Morgan fingerprint density at radius 2 is 1.56 bits per heavy atom. The maximum absolute atomic E-state index is 13.6. The predicted octanol–water partition coefficient (Wildman–Crippen LogP) is 5.85. The van der Waals surface area contributed by atoms with Crippen molar-refractivity contribution in [3.8, 4) is 21.9 Å². The van der Waals surface area contributed by atoms with Crippen LogP contribution in [0.15, 0.2) is 66.7 Å². The van der Waals surface area contributed by atoms with Crippen LogP contribution in [0, 0.1) is 0 Å². The molecule has 5 heteroatoms. The summed E-state index contributed by atoms with van der Waals surface area (Å²) in [5.74, 6) is 0.332. The summed E-state index contributed by atoms with van der Waals surface area (Å²) in [4.78, 5) is 17.0. The van der Waals surface area contributed by atoms with Gasteiger partial charge in [0.1, 0.15) is 11.5 Å². The van der Waals surface area contributed by atoms with E-state index in [0.717, 1.165) is 33.5 Å². The number of benzene rings is 3. The van der Waals surface area contributed by atoms with E-state index in [1.807, 2.05) is 30.3 Å². The average molecular weight is 444 g/mol. The average Bonchev–Trinajstić information content (AvgIpc) is 3.45. The Morgan fingerprint density at radius 3 is 2.28 bits per heavy atom. The monoisotopic (exact) mass is 443 g/mol. The first kappa shape index (κ1) is 20.7. The second-order valence-electron chi connectivity index (χ2n) is 8.36. The molecule has 32 heavy (non-hydrogen) atoms. The number of carbonyl (C=O) groups excluding carboxylic acids is 1. The molecule has 1 aromatic heterocycles. The molecule has 0 saturated carbocycles. The number of rotatable bonds is 6. The van der Waals surface area contributed by atoms with Gasteiger partial charge in [-0.15, -0.1) is 11.3 Å². The number of hydrogen-bond donors (Lipinski definition) is 2. The van der Waals surface area contributed by atoms with Crippen LogP contribution >= 0.6 is 11.3 Å². The number of fused-ring (bicyclic) bond motifs is 1. The smallest absolute Gasteiger partial charge is 0.195 e. The summed E-state index contributed by atoms with van der Waals surface area (Å²) < 4.78 is 0.860. The number of nitrogens with zero attached hydrogens (tertiary/aromatic N) is 1. The molecule has 0 bridgehead atoms. The third-order valence-electron chi connectivity index (χ3n) is 6.16. The van der Waals surface area contributed by atoms with Crippen molar-refractivity contribution >= 4 is 27.2 Å². The number of ketones is 1. The molecule has 162 valence electrons. The zero-order chi connectivity index (χ0) is 22.1. The number of thiophene rings is 1. The lowest BCUT2D eigenvalue weighted by Crippen LogP contribution is -2.21. The van der Waals surface area contributed by atoms with Crippen molar-refractivity contribution in [3.63, 3.8) is 0 Å². The van der Waals surface area contributed by atoms with Crippen molar-refractivity contribution in [1.29, 1.82) is 0 Å². The number of carbonyl (C=O) groups is 1. The normalized spacial score (nSPS) is 14.2. The SMILES string of the molecule is O=C(c1ccc(CCN2CCCC2)cc1)c1c(-c2ccc(O)cc2)sc2cc(O)ccc12. The quantitative estimate of drug-likeness (QED) is 0.367. The topological polar surface area (TPSA) is 60.8 Å². The minimum Gasteiger partial charge on any atom is -0.508 e. The van der Waals surface area contributed by atoms with Gasteiger partial charge in [0.15, 0.2) is 5.78 Å². The first-order valence-electron chi connectivity index (χ1n) is 11.0. The largest absolute Gasteiger partial charge is 0.508 e. The van der Waals surface area contributed by atoms with Crippen LogP contribution in [0.25, 0.3) is 20.5 Å². The molecule has 2 heterocycles. The van der Waals surface area contributed by atoms with Crippen LogP contribution < -0.4 is 0 Å². The Hall–Kier alpha value is -3.15. The number of hydrogen-bond acceptors (Lipinski definition) is 5. The molecule has 1 aliphatic rings. The molecule has 0 spiro atoms. The summed E-state index contributed by atoms with van der Waals surface area (Å²) in [6.45, 7) is 3.45. The maximum atomic E-state index is 13.6.